The Morgan fingerprint density at radius 3 is 2.65 bits per heavy atom. The largest absolute Gasteiger partial charge is 0.464 e. The van der Waals surface area contributed by atoms with Crippen molar-refractivity contribution < 1.29 is 14.3 Å². The lowest BCUT2D eigenvalue weighted by atomic mass is 10.2. The molecule has 1 amide bonds. The van der Waals surface area contributed by atoms with E-state index >= 15 is 0 Å². The third-order valence-electron chi connectivity index (χ3n) is 3.54. The summed E-state index contributed by atoms with van der Waals surface area (Å²) in [6.45, 7) is 1.51. The van der Waals surface area contributed by atoms with Gasteiger partial charge in [0.1, 0.15) is 10.9 Å². The molecule has 2 rings (SSSR count). The van der Waals surface area contributed by atoms with Gasteiger partial charge in [-0.25, -0.2) is 0 Å². The molecule has 0 saturated carbocycles. The average Bonchev–Trinajstić information content (AvgIpc) is 2.83. The lowest BCUT2D eigenvalue weighted by Crippen LogP contribution is -2.29. The van der Waals surface area contributed by atoms with Gasteiger partial charge in [-0.05, 0) is 32.2 Å². The van der Waals surface area contributed by atoms with Crippen LogP contribution in [0.15, 0.2) is 35.2 Å². The van der Waals surface area contributed by atoms with E-state index in [4.69, 9.17) is 17.0 Å². The van der Waals surface area contributed by atoms with Crippen LogP contribution in [-0.2, 0) is 14.3 Å². The van der Waals surface area contributed by atoms with E-state index in [-0.39, 0.29) is 30.7 Å². The molecular formula is C18H23ClN2O3S2. The maximum atomic E-state index is 12.5. The smallest absolute Gasteiger partial charge is 0.305 e. The fraction of sp³-hybridized carbons (Fsp3) is 0.389. The number of benzene rings is 1. The van der Waals surface area contributed by atoms with Crippen molar-refractivity contribution in [3.63, 3.8) is 0 Å². The van der Waals surface area contributed by atoms with Crippen molar-refractivity contribution in [2.45, 2.75) is 12.8 Å². The highest BCUT2D eigenvalue weighted by molar-refractivity contribution is 8.26. The molecule has 1 aromatic rings. The van der Waals surface area contributed by atoms with Gasteiger partial charge in [0.25, 0.3) is 5.91 Å². The summed E-state index contributed by atoms with van der Waals surface area (Å²) >= 11 is 6.59. The standard InChI is InChI=1S/C18H22N2O3S2.ClH/c1-19(2)11-12-23-16(21)9-6-10-20-17(22)15(25-18(20)24)13-14-7-4-3-5-8-14;/h3-5,7-8,13H,6,9-12H2,1-2H3;1H. The minimum atomic E-state index is -0.243. The Balaban J connectivity index is 0.00000338. The molecule has 1 saturated heterocycles. The van der Waals surface area contributed by atoms with Crippen LogP contribution < -0.4 is 0 Å². The topological polar surface area (TPSA) is 49.9 Å². The van der Waals surface area contributed by atoms with Crippen molar-refractivity contribution in [1.29, 1.82) is 0 Å². The first kappa shape index (κ1) is 22.6. The highest BCUT2D eigenvalue weighted by Gasteiger charge is 2.31. The Kier molecular flexibility index (Phi) is 9.87. The van der Waals surface area contributed by atoms with Gasteiger partial charge in [-0.1, -0.05) is 54.3 Å². The van der Waals surface area contributed by atoms with Crippen LogP contribution in [0.4, 0.5) is 0 Å². The maximum absolute atomic E-state index is 12.5. The lowest BCUT2D eigenvalue weighted by molar-refractivity contribution is -0.144. The van der Waals surface area contributed by atoms with Crippen molar-refractivity contribution in [1.82, 2.24) is 9.80 Å². The van der Waals surface area contributed by atoms with Crippen molar-refractivity contribution in [3.8, 4) is 0 Å². The number of amides is 1. The minimum absolute atomic E-state index is 0. The van der Waals surface area contributed by atoms with E-state index < -0.39 is 0 Å². The first-order chi connectivity index (χ1) is 12.0. The molecule has 0 spiro atoms. The predicted octanol–water partition coefficient (Wildman–Crippen LogP) is 3.19. The number of hydrogen-bond acceptors (Lipinski definition) is 6. The number of carbonyl (C=O) groups is 2. The normalized spacial score (nSPS) is 15.5. The van der Waals surface area contributed by atoms with Crippen molar-refractivity contribution in [2.24, 2.45) is 0 Å². The fourth-order valence-electron chi connectivity index (χ4n) is 2.19. The lowest BCUT2D eigenvalue weighted by Gasteiger charge is -2.14. The number of thioether (sulfide) groups is 1. The zero-order chi connectivity index (χ0) is 18.2. The molecule has 0 aliphatic carbocycles. The van der Waals surface area contributed by atoms with Gasteiger partial charge in [-0.15, -0.1) is 12.4 Å². The Hall–Kier alpha value is -1.41. The summed E-state index contributed by atoms with van der Waals surface area (Å²) in [5, 5.41) is 0. The summed E-state index contributed by atoms with van der Waals surface area (Å²) in [5.41, 5.74) is 0.965. The number of thiocarbonyl (C=S) groups is 1. The van der Waals surface area contributed by atoms with Gasteiger partial charge >= 0.3 is 5.97 Å². The van der Waals surface area contributed by atoms with Gasteiger partial charge in [-0.2, -0.15) is 0 Å². The SMILES string of the molecule is CN(C)CCOC(=O)CCCN1C(=O)C(=Cc2ccccc2)SC1=S.Cl. The summed E-state index contributed by atoms with van der Waals surface area (Å²) in [6, 6.07) is 9.66. The number of hydrogen-bond donors (Lipinski definition) is 0. The van der Waals surface area contributed by atoms with Crippen LogP contribution in [0, 0.1) is 0 Å². The number of likely N-dealkylation sites (N-methyl/N-ethyl adjacent to an activating group) is 1. The van der Waals surface area contributed by atoms with E-state index in [0.29, 0.717) is 35.3 Å². The van der Waals surface area contributed by atoms with Crippen LogP contribution in [0.5, 0.6) is 0 Å². The number of nitrogens with zero attached hydrogens (tertiary/aromatic N) is 2. The molecule has 142 valence electrons. The molecular weight excluding hydrogens is 392 g/mol. The third-order valence-corrected chi connectivity index (χ3v) is 4.91. The number of halogens is 1. The molecule has 1 aliphatic heterocycles. The Labute approximate surface area is 170 Å². The molecule has 1 fully saturated rings. The van der Waals surface area contributed by atoms with E-state index in [1.165, 1.54) is 11.8 Å². The van der Waals surface area contributed by atoms with Crippen molar-refractivity contribution >= 4 is 58.7 Å². The van der Waals surface area contributed by atoms with Gasteiger partial charge in [0.05, 0.1) is 4.91 Å². The van der Waals surface area contributed by atoms with Crippen LogP contribution >= 0.6 is 36.4 Å². The second-order valence-electron chi connectivity index (χ2n) is 5.87. The number of carbonyl (C=O) groups excluding carboxylic acids is 2. The Bertz CT molecular complexity index is 666. The quantitative estimate of drug-likeness (QED) is 0.370. The maximum Gasteiger partial charge on any atom is 0.305 e. The molecule has 1 heterocycles. The molecule has 0 bridgehead atoms. The molecule has 1 aromatic carbocycles. The molecule has 0 atom stereocenters. The minimum Gasteiger partial charge on any atom is -0.464 e. The van der Waals surface area contributed by atoms with Gasteiger partial charge < -0.3 is 9.64 Å². The summed E-state index contributed by atoms with van der Waals surface area (Å²) in [5.74, 6) is -0.341. The second kappa shape index (κ2) is 11.3. The van der Waals surface area contributed by atoms with Gasteiger partial charge in [-0.3, -0.25) is 14.5 Å². The van der Waals surface area contributed by atoms with Crippen LogP contribution in [0.2, 0.25) is 0 Å². The van der Waals surface area contributed by atoms with Gasteiger partial charge in [0.2, 0.25) is 0 Å². The first-order valence-corrected chi connectivity index (χ1v) is 9.30. The zero-order valence-electron chi connectivity index (χ0n) is 14.8. The Morgan fingerprint density at radius 2 is 2.00 bits per heavy atom. The molecule has 1 aliphatic rings. The van der Waals surface area contributed by atoms with Crippen LogP contribution in [0.1, 0.15) is 18.4 Å². The van der Waals surface area contributed by atoms with Crippen LogP contribution in [0.3, 0.4) is 0 Å². The zero-order valence-corrected chi connectivity index (χ0v) is 17.3. The number of esters is 1. The summed E-state index contributed by atoms with van der Waals surface area (Å²) in [6.07, 6.45) is 2.66. The van der Waals surface area contributed by atoms with Gasteiger partial charge in [0, 0.05) is 19.5 Å². The van der Waals surface area contributed by atoms with Crippen molar-refractivity contribution in [3.05, 3.63) is 40.8 Å². The average molecular weight is 415 g/mol. The predicted molar refractivity (Wildman–Crippen MR) is 112 cm³/mol. The van der Waals surface area contributed by atoms with E-state index in [1.807, 2.05) is 55.4 Å². The van der Waals surface area contributed by atoms with E-state index in [9.17, 15) is 9.59 Å². The fourth-order valence-corrected chi connectivity index (χ4v) is 3.50. The van der Waals surface area contributed by atoms with Crippen LogP contribution in [-0.4, -0.2) is 59.8 Å². The highest BCUT2D eigenvalue weighted by Crippen LogP contribution is 2.32. The van der Waals surface area contributed by atoms with Gasteiger partial charge in [0.15, 0.2) is 0 Å². The van der Waals surface area contributed by atoms with Crippen LogP contribution in [0.25, 0.3) is 6.08 Å². The highest BCUT2D eigenvalue weighted by atomic mass is 35.5. The Morgan fingerprint density at radius 1 is 1.31 bits per heavy atom. The van der Waals surface area contributed by atoms with E-state index in [0.717, 1.165) is 5.56 Å². The monoisotopic (exact) mass is 414 g/mol. The van der Waals surface area contributed by atoms with E-state index in [1.54, 1.807) is 4.90 Å². The molecule has 0 unspecified atom stereocenters. The molecule has 26 heavy (non-hydrogen) atoms. The summed E-state index contributed by atoms with van der Waals surface area (Å²) in [7, 11) is 3.85. The molecule has 0 aromatic heterocycles. The molecule has 0 radical (unpaired) electrons. The molecule has 5 nitrogen and oxygen atoms in total. The molecule has 0 N–H and O–H groups in total. The second-order valence-corrected chi connectivity index (χ2v) is 7.55. The first-order valence-electron chi connectivity index (χ1n) is 8.08. The summed E-state index contributed by atoms with van der Waals surface area (Å²) in [4.78, 5) is 28.3. The molecule has 8 heteroatoms. The number of ether oxygens (including phenoxy) is 1. The van der Waals surface area contributed by atoms with E-state index in [2.05, 4.69) is 0 Å². The summed E-state index contributed by atoms with van der Waals surface area (Å²) < 4.78 is 5.67. The van der Waals surface area contributed by atoms with Crippen molar-refractivity contribution in [2.75, 3.05) is 33.8 Å². The number of rotatable bonds is 8. The third kappa shape index (κ3) is 7.07.